The molecular formula is C19H25F3N2O2. The molecule has 2 aliphatic rings. The van der Waals surface area contributed by atoms with Gasteiger partial charge in [0.15, 0.2) is 0 Å². The van der Waals surface area contributed by atoms with Crippen LogP contribution in [0.15, 0.2) is 24.3 Å². The van der Waals surface area contributed by atoms with Crippen LogP contribution in [0.5, 0.6) is 0 Å². The Kier molecular flexibility index (Phi) is 5.05. The molecule has 2 aliphatic heterocycles. The number of halogens is 3. The van der Waals surface area contributed by atoms with E-state index >= 15 is 0 Å². The van der Waals surface area contributed by atoms with E-state index in [1.54, 1.807) is 0 Å². The molecule has 4 nitrogen and oxygen atoms in total. The van der Waals surface area contributed by atoms with E-state index in [4.69, 9.17) is 4.74 Å². The first-order valence-electron chi connectivity index (χ1n) is 8.91. The van der Waals surface area contributed by atoms with Gasteiger partial charge in [-0.05, 0) is 69.8 Å². The Morgan fingerprint density at radius 2 is 1.96 bits per heavy atom. The first-order chi connectivity index (χ1) is 12.1. The molecule has 1 aromatic rings. The molecular weight excluding hydrogens is 345 g/mol. The number of piperidine rings is 1. The van der Waals surface area contributed by atoms with Crippen LogP contribution < -0.4 is 5.32 Å². The Morgan fingerprint density at radius 3 is 2.54 bits per heavy atom. The zero-order valence-electron chi connectivity index (χ0n) is 15.2. The number of nitrogens with one attached hydrogen (secondary N) is 1. The average Bonchev–Trinajstić information content (AvgIpc) is 2.84. The highest BCUT2D eigenvalue weighted by atomic mass is 19.4. The van der Waals surface area contributed by atoms with Gasteiger partial charge in [-0.1, -0.05) is 6.07 Å². The minimum absolute atomic E-state index is 0.0803. The van der Waals surface area contributed by atoms with E-state index in [1.807, 2.05) is 0 Å². The van der Waals surface area contributed by atoms with Gasteiger partial charge in [0.05, 0.1) is 24.3 Å². The Labute approximate surface area is 151 Å². The number of carbonyl (C=O) groups is 1. The van der Waals surface area contributed by atoms with Crippen LogP contribution in [-0.4, -0.2) is 42.6 Å². The van der Waals surface area contributed by atoms with Gasteiger partial charge in [0.1, 0.15) is 0 Å². The third-order valence-electron chi connectivity index (χ3n) is 5.33. The minimum Gasteiger partial charge on any atom is -0.375 e. The van der Waals surface area contributed by atoms with Crippen molar-refractivity contribution in [3.63, 3.8) is 0 Å². The number of amides is 1. The molecule has 26 heavy (non-hydrogen) atoms. The SMILES string of the molecule is CC1(C)CC2(CCN(CC(=O)Nc3cccc(C(F)(F)F)c3)CC2)CO1. The normalized spacial score (nSPS) is 22.5. The summed E-state index contributed by atoms with van der Waals surface area (Å²) in [7, 11) is 0. The summed E-state index contributed by atoms with van der Waals surface area (Å²) in [5.41, 5.74) is -0.469. The molecule has 0 aliphatic carbocycles. The van der Waals surface area contributed by atoms with E-state index in [2.05, 4.69) is 24.1 Å². The van der Waals surface area contributed by atoms with Crippen LogP contribution in [0, 0.1) is 5.41 Å². The Balaban J connectivity index is 1.51. The van der Waals surface area contributed by atoms with Crippen LogP contribution in [0.4, 0.5) is 18.9 Å². The van der Waals surface area contributed by atoms with Crippen molar-refractivity contribution in [2.24, 2.45) is 5.41 Å². The van der Waals surface area contributed by atoms with Crippen molar-refractivity contribution in [2.45, 2.75) is 44.9 Å². The Bertz CT molecular complexity index is 665. The maximum atomic E-state index is 12.7. The molecule has 1 amide bonds. The van der Waals surface area contributed by atoms with Crippen molar-refractivity contribution >= 4 is 11.6 Å². The summed E-state index contributed by atoms with van der Waals surface area (Å²) in [5.74, 6) is -0.289. The summed E-state index contributed by atoms with van der Waals surface area (Å²) in [6.45, 7) is 6.78. The van der Waals surface area contributed by atoms with Crippen LogP contribution in [0.3, 0.4) is 0 Å². The van der Waals surface area contributed by atoms with E-state index < -0.39 is 11.7 Å². The predicted octanol–water partition coefficient (Wildman–Crippen LogP) is 3.93. The molecule has 0 atom stereocenters. The van der Waals surface area contributed by atoms with Gasteiger partial charge in [0.25, 0.3) is 0 Å². The minimum atomic E-state index is -4.42. The maximum Gasteiger partial charge on any atom is 0.416 e. The molecule has 2 saturated heterocycles. The molecule has 1 N–H and O–H groups in total. The quantitative estimate of drug-likeness (QED) is 0.877. The summed E-state index contributed by atoms with van der Waals surface area (Å²) in [6.07, 6.45) is -1.43. The number of nitrogens with zero attached hydrogens (tertiary/aromatic N) is 1. The van der Waals surface area contributed by atoms with Crippen molar-refractivity contribution in [3.8, 4) is 0 Å². The summed E-state index contributed by atoms with van der Waals surface area (Å²) < 4.78 is 44.1. The fourth-order valence-electron chi connectivity index (χ4n) is 4.04. The molecule has 3 rings (SSSR count). The van der Waals surface area contributed by atoms with E-state index in [9.17, 15) is 18.0 Å². The fourth-order valence-corrected chi connectivity index (χ4v) is 4.04. The molecule has 7 heteroatoms. The number of anilines is 1. The monoisotopic (exact) mass is 370 g/mol. The second-order valence-corrected chi connectivity index (χ2v) is 8.13. The number of likely N-dealkylation sites (tertiary alicyclic amines) is 1. The topological polar surface area (TPSA) is 41.6 Å². The van der Waals surface area contributed by atoms with Gasteiger partial charge >= 0.3 is 6.18 Å². The first kappa shape index (κ1) is 19.2. The van der Waals surface area contributed by atoms with Crippen LogP contribution in [0.25, 0.3) is 0 Å². The van der Waals surface area contributed by atoms with Gasteiger partial charge in [-0.2, -0.15) is 13.2 Å². The average molecular weight is 370 g/mol. The summed E-state index contributed by atoms with van der Waals surface area (Å²) in [4.78, 5) is 14.3. The number of hydrogen-bond acceptors (Lipinski definition) is 3. The summed E-state index contributed by atoms with van der Waals surface area (Å²) >= 11 is 0. The zero-order valence-corrected chi connectivity index (χ0v) is 15.2. The second kappa shape index (κ2) is 6.85. The lowest BCUT2D eigenvalue weighted by Gasteiger charge is -2.38. The first-order valence-corrected chi connectivity index (χ1v) is 8.91. The summed E-state index contributed by atoms with van der Waals surface area (Å²) in [5, 5.41) is 2.57. The number of hydrogen-bond donors (Lipinski definition) is 1. The van der Waals surface area contributed by atoms with Crippen LogP contribution >= 0.6 is 0 Å². The van der Waals surface area contributed by atoms with Gasteiger partial charge in [0, 0.05) is 5.69 Å². The van der Waals surface area contributed by atoms with Crippen LogP contribution in [-0.2, 0) is 15.7 Å². The van der Waals surface area contributed by atoms with E-state index in [-0.39, 0.29) is 29.2 Å². The number of alkyl halides is 3. The molecule has 0 saturated carbocycles. The maximum absolute atomic E-state index is 12.7. The Hall–Kier alpha value is -1.60. The molecule has 144 valence electrons. The van der Waals surface area contributed by atoms with Crippen LogP contribution in [0.2, 0.25) is 0 Å². The standard InChI is InChI=1S/C19H25F3N2O2/c1-17(2)12-18(13-26-17)6-8-24(9-7-18)11-16(25)23-15-5-3-4-14(10-15)19(20,21)22/h3-5,10H,6-9,11-13H2,1-2H3,(H,23,25). The highest BCUT2D eigenvalue weighted by Crippen LogP contribution is 2.46. The van der Waals surface area contributed by atoms with Crippen molar-refractivity contribution in [1.29, 1.82) is 0 Å². The van der Waals surface area contributed by atoms with E-state index in [0.29, 0.717) is 0 Å². The lowest BCUT2D eigenvalue weighted by molar-refractivity contribution is -0.137. The highest BCUT2D eigenvalue weighted by Gasteiger charge is 2.45. The molecule has 1 aromatic carbocycles. The zero-order chi connectivity index (χ0) is 19.0. The van der Waals surface area contributed by atoms with Gasteiger partial charge < -0.3 is 10.1 Å². The Morgan fingerprint density at radius 1 is 1.27 bits per heavy atom. The largest absolute Gasteiger partial charge is 0.416 e. The van der Waals surface area contributed by atoms with Gasteiger partial charge in [-0.15, -0.1) is 0 Å². The lowest BCUT2D eigenvalue weighted by atomic mass is 9.74. The highest BCUT2D eigenvalue weighted by molar-refractivity contribution is 5.92. The molecule has 0 unspecified atom stereocenters. The molecule has 0 aromatic heterocycles. The third-order valence-corrected chi connectivity index (χ3v) is 5.33. The number of rotatable bonds is 3. The smallest absolute Gasteiger partial charge is 0.375 e. The number of ether oxygens (including phenoxy) is 1. The van der Waals surface area contributed by atoms with Gasteiger partial charge in [-0.3, -0.25) is 9.69 Å². The fraction of sp³-hybridized carbons (Fsp3) is 0.632. The van der Waals surface area contributed by atoms with Crippen molar-refractivity contribution < 1.29 is 22.7 Å². The number of carbonyl (C=O) groups excluding carboxylic acids is 1. The van der Waals surface area contributed by atoms with Gasteiger partial charge in [-0.25, -0.2) is 0 Å². The summed E-state index contributed by atoms with van der Waals surface area (Å²) in [6, 6.07) is 4.72. The molecule has 0 radical (unpaired) electrons. The van der Waals surface area contributed by atoms with E-state index in [1.165, 1.54) is 12.1 Å². The van der Waals surface area contributed by atoms with Crippen molar-refractivity contribution in [2.75, 3.05) is 31.6 Å². The lowest BCUT2D eigenvalue weighted by Crippen LogP contribution is -2.44. The van der Waals surface area contributed by atoms with E-state index in [0.717, 1.165) is 51.1 Å². The van der Waals surface area contributed by atoms with Crippen LogP contribution in [0.1, 0.15) is 38.7 Å². The second-order valence-electron chi connectivity index (χ2n) is 8.13. The molecule has 1 spiro atoms. The molecule has 0 bridgehead atoms. The van der Waals surface area contributed by atoms with Gasteiger partial charge in [0.2, 0.25) is 5.91 Å². The molecule has 2 heterocycles. The van der Waals surface area contributed by atoms with Crippen molar-refractivity contribution in [1.82, 2.24) is 4.90 Å². The number of benzene rings is 1. The molecule has 2 fully saturated rings. The van der Waals surface area contributed by atoms with Crippen molar-refractivity contribution in [3.05, 3.63) is 29.8 Å². The predicted molar refractivity (Wildman–Crippen MR) is 92.8 cm³/mol. The third kappa shape index (κ3) is 4.57.